The van der Waals surface area contributed by atoms with Gasteiger partial charge in [0, 0.05) is 37.3 Å². The molecular weight excluding hydrogens is 320 g/mol. The smallest absolute Gasteiger partial charge is 0.350 e. The molecular formula is C16H13ClN2O4. The zero-order chi connectivity index (χ0) is 16.6. The first-order chi connectivity index (χ1) is 10.8. The van der Waals surface area contributed by atoms with E-state index in [2.05, 4.69) is 10.3 Å². The van der Waals surface area contributed by atoms with Crippen molar-refractivity contribution in [3.05, 3.63) is 47.4 Å². The van der Waals surface area contributed by atoms with E-state index in [1.54, 1.807) is 18.3 Å². The Bertz CT molecular complexity index is 823. The molecule has 1 N–H and O–H groups in total. The molecule has 2 heterocycles. The van der Waals surface area contributed by atoms with Crippen molar-refractivity contribution in [3.8, 4) is 0 Å². The van der Waals surface area contributed by atoms with Gasteiger partial charge < -0.3 is 14.8 Å². The number of cyclic esters (lactones) is 2. The van der Waals surface area contributed by atoms with Crippen molar-refractivity contribution >= 4 is 40.0 Å². The summed E-state index contributed by atoms with van der Waals surface area (Å²) in [5.74, 6) is -2.71. The van der Waals surface area contributed by atoms with Crippen LogP contribution in [0, 0.1) is 0 Å². The zero-order valence-electron chi connectivity index (χ0n) is 12.4. The number of carbonyl (C=O) groups is 2. The van der Waals surface area contributed by atoms with Crippen LogP contribution in [0.4, 0.5) is 5.69 Å². The number of aromatic nitrogens is 1. The molecule has 118 valence electrons. The summed E-state index contributed by atoms with van der Waals surface area (Å²) in [6.45, 7) is 2.99. The fraction of sp³-hybridized carbons (Fsp3) is 0.188. The van der Waals surface area contributed by atoms with E-state index in [9.17, 15) is 9.59 Å². The van der Waals surface area contributed by atoms with E-state index in [0.717, 1.165) is 10.8 Å². The van der Waals surface area contributed by atoms with Crippen LogP contribution in [0.3, 0.4) is 0 Å². The number of ether oxygens (including phenoxy) is 2. The molecule has 1 aliphatic rings. The predicted molar refractivity (Wildman–Crippen MR) is 84.7 cm³/mol. The average molecular weight is 333 g/mol. The number of esters is 2. The van der Waals surface area contributed by atoms with Gasteiger partial charge in [0.05, 0.1) is 0 Å². The molecule has 0 unspecified atom stereocenters. The van der Waals surface area contributed by atoms with Gasteiger partial charge in [-0.3, -0.25) is 0 Å². The molecule has 6 nitrogen and oxygen atoms in total. The van der Waals surface area contributed by atoms with Crippen molar-refractivity contribution in [3.63, 3.8) is 0 Å². The molecule has 0 atom stereocenters. The Kier molecular flexibility index (Phi) is 3.69. The monoisotopic (exact) mass is 332 g/mol. The summed E-state index contributed by atoms with van der Waals surface area (Å²) in [5, 5.41) is 5.10. The van der Waals surface area contributed by atoms with E-state index in [-0.39, 0.29) is 5.57 Å². The fourth-order valence-corrected chi connectivity index (χ4v) is 2.30. The van der Waals surface area contributed by atoms with Gasteiger partial charge in [0.15, 0.2) is 5.57 Å². The van der Waals surface area contributed by atoms with E-state index in [1.165, 1.54) is 20.0 Å². The first-order valence-electron chi connectivity index (χ1n) is 6.83. The van der Waals surface area contributed by atoms with Gasteiger partial charge in [0.25, 0.3) is 5.79 Å². The van der Waals surface area contributed by atoms with Gasteiger partial charge >= 0.3 is 11.9 Å². The topological polar surface area (TPSA) is 77.5 Å². The molecule has 0 aliphatic carbocycles. The highest BCUT2D eigenvalue weighted by atomic mass is 35.5. The largest absolute Gasteiger partial charge is 0.419 e. The quantitative estimate of drug-likeness (QED) is 0.394. The second-order valence-corrected chi connectivity index (χ2v) is 5.84. The maximum atomic E-state index is 11.8. The number of pyridine rings is 1. The number of hydrogen-bond acceptors (Lipinski definition) is 6. The van der Waals surface area contributed by atoms with Gasteiger partial charge in [-0.15, -0.1) is 0 Å². The molecule has 1 aromatic carbocycles. The minimum atomic E-state index is -1.25. The van der Waals surface area contributed by atoms with Crippen molar-refractivity contribution < 1.29 is 19.1 Å². The lowest BCUT2D eigenvalue weighted by Gasteiger charge is -2.29. The Morgan fingerprint density at radius 1 is 1.13 bits per heavy atom. The minimum Gasteiger partial charge on any atom is -0.419 e. The Hall–Kier alpha value is -2.60. The molecule has 0 amide bonds. The number of nitrogens with zero attached hydrogens (tertiary/aromatic N) is 1. The number of benzene rings is 1. The van der Waals surface area contributed by atoms with Crippen LogP contribution in [0.5, 0.6) is 0 Å². The van der Waals surface area contributed by atoms with Gasteiger partial charge in [-0.2, -0.15) is 0 Å². The molecule has 0 radical (unpaired) electrons. The molecule has 1 aromatic heterocycles. The molecule has 7 heteroatoms. The summed E-state index contributed by atoms with van der Waals surface area (Å²) in [5.41, 5.74) is 0.484. The minimum absolute atomic E-state index is 0.196. The number of fused-ring (bicyclic) bond motifs is 1. The summed E-state index contributed by atoms with van der Waals surface area (Å²) in [7, 11) is 0. The van der Waals surface area contributed by atoms with Crippen LogP contribution in [0.25, 0.3) is 10.8 Å². The van der Waals surface area contributed by atoms with Gasteiger partial charge in [-0.1, -0.05) is 17.7 Å². The van der Waals surface area contributed by atoms with Crippen molar-refractivity contribution in [2.45, 2.75) is 19.6 Å². The number of nitrogens with one attached hydrogen (secondary N) is 1. The molecule has 3 rings (SSSR count). The summed E-state index contributed by atoms with van der Waals surface area (Å²) >= 11 is 5.84. The molecule has 1 aliphatic heterocycles. The summed E-state index contributed by atoms with van der Waals surface area (Å²) < 4.78 is 10.0. The van der Waals surface area contributed by atoms with E-state index in [1.807, 2.05) is 12.1 Å². The molecule has 23 heavy (non-hydrogen) atoms. The number of anilines is 1. The van der Waals surface area contributed by atoms with Gasteiger partial charge in [-0.25, -0.2) is 14.6 Å². The highest BCUT2D eigenvalue weighted by molar-refractivity contribution is 6.30. The van der Waals surface area contributed by atoms with Crippen molar-refractivity contribution in [1.29, 1.82) is 0 Å². The van der Waals surface area contributed by atoms with Crippen LogP contribution in [0.2, 0.25) is 5.15 Å². The third-order valence-electron chi connectivity index (χ3n) is 3.19. The maximum absolute atomic E-state index is 11.8. The standard InChI is InChI=1S/C16H13ClN2O4/c1-16(2)22-14(20)12(15(21)23-16)8-18-11-4-3-9-6-13(17)19-7-10(9)5-11/h3-8,18H,1-2H3. The summed E-state index contributed by atoms with van der Waals surface area (Å²) in [6.07, 6.45) is 2.91. The van der Waals surface area contributed by atoms with Gasteiger partial charge in [-0.05, 0) is 23.6 Å². The molecule has 1 fully saturated rings. The highest BCUT2D eigenvalue weighted by Crippen LogP contribution is 2.24. The van der Waals surface area contributed by atoms with Crippen LogP contribution in [-0.4, -0.2) is 22.7 Å². The molecule has 1 saturated heterocycles. The van der Waals surface area contributed by atoms with Gasteiger partial charge in [0.1, 0.15) is 5.15 Å². The molecule has 0 spiro atoms. The van der Waals surface area contributed by atoms with Crippen LogP contribution >= 0.6 is 11.6 Å². The zero-order valence-corrected chi connectivity index (χ0v) is 13.2. The van der Waals surface area contributed by atoms with Crippen LogP contribution in [0.15, 0.2) is 42.2 Å². The third kappa shape index (κ3) is 3.27. The number of carbonyl (C=O) groups excluding carboxylic acids is 2. The highest BCUT2D eigenvalue weighted by Gasteiger charge is 2.38. The van der Waals surface area contributed by atoms with Crippen molar-refractivity contribution in [1.82, 2.24) is 4.98 Å². The van der Waals surface area contributed by atoms with Crippen molar-refractivity contribution in [2.24, 2.45) is 0 Å². The maximum Gasteiger partial charge on any atom is 0.350 e. The van der Waals surface area contributed by atoms with Crippen LogP contribution < -0.4 is 5.32 Å². The second kappa shape index (κ2) is 5.55. The molecule has 2 aromatic rings. The van der Waals surface area contributed by atoms with E-state index < -0.39 is 17.7 Å². The second-order valence-electron chi connectivity index (χ2n) is 5.45. The molecule has 0 bridgehead atoms. The summed E-state index contributed by atoms with van der Waals surface area (Å²) in [6, 6.07) is 7.21. The van der Waals surface area contributed by atoms with E-state index >= 15 is 0 Å². The number of halogens is 1. The SMILES string of the molecule is CC1(C)OC(=O)C(=CNc2ccc3cc(Cl)ncc3c2)C(=O)O1. The lowest BCUT2D eigenvalue weighted by Crippen LogP contribution is -2.42. The first-order valence-corrected chi connectivity index (χ1v) is 7.20. The van der Waals surface area contributed by atoms with Crippen LogP contribution in [0.1, 0.15) is 13.8 Å². The Morgan fingerprint density at radius 3 is 2.52 bits per heavy atom. The summed E-state index contributed by atoms with van der Waals surface area (Å²) in [4.78, 5) is 27.7. The van der Waals surface area contributed by atoms with Gasteiger partial charge in [0.2, 0.25) is 0 Å². The molecule has 0 saturated carbocycles. The van der Waals surface area contributed by atoms with Crippen LogP contribution in [-0.2, 0) is 19.1 Å². The Balaban J connectivity index is 1.83. The number of rotatable bonds is 2. The lowest BCUT2D eigenvalue weighted by atomic mass is 10.1. The number of hydrogen-bond donors (Lipinski definition) is 1. The fourth-order valence-electron chi connectivity index (χ4n) is 2.14. The average Bonchev–Trinajstić information content (AvgIpc) is 2.45. The Morgan fingerprint density at radius 2 is 1.83 bits per heavy atom. The first kappa shape index (κ1) is 15.3. The third-order valence-corrected chi connectivity index (χ3v) is 3.40. The van der Waals surface area contributed by atoms with E-state index in [4.69, 9.17) is 21.1 Å². The lowest BCUT2D eigenvalue weighted by molar-refractivity contribution is -0.222. The Labute approximate surface area is 137 Å². The van der Waals surface area contributed by atoms with Crippen molar-refractivity contribution in [2.75, 3.05) is 5.32 Å². The van der Waals surface area contributed by atoms with E-state index in [0.29, 0.717) is 10.8 Å². The normalized spacial score (nSPS) is 16.7. The predicted octanol–water partition coefficient (Wildman–Crippen LogP) is 3.02.